The second-order valence-electron chi connectivity index (χ2n) is 3.31. The van der Waals surface area contributed by atoms with Gasteiger partial charge in [-0.3, -0.25) is 0 Å². The van der Waals surface area contributed by atoms with Crippen LogP contribution in [-0.4, -0.2) is 13.2 Å². The third-order valence-corrected chi connectivity index (χ3v) is 2.87. The fourth-order valence-electron chi connectivity index (χ4n) is 1.62. The van der Waals surface area contributed by atoms with E-state index in [0.29, 0.717) is 0 Å². The SMILES string of the molecule is CCN1CNc2cc(C)c(Cl)cc21. The lowest BCUT2D eigenvalue weighted by Crippen LogP contribution is -2.21. The fraction of sp³-hybridized carbons (Fsp3) is 0.400. The molecule has 2 rings (SSSR count). The molecule has 0 radical (unpaired) electrons. The number of nitrogens with one attached hydrogen (secondary N) is 1. The van der Waals surface area contributed by atoms with Crippen LogP contribution in [0.25, 0.3) is 0 Å². The Morgan fingerprint density at radius 3 is 3.00 bits per heavy atom. The van der Waals surface area contributed by atoms with Gasteiger partial charge in [-0.1, -0.05) is 11.6 Å². The van der Waals surface area contributed by atoms with Crippen LogP contribution in [0.15, 0.2) is 12.1 Å². The van der Waals surface area contributed by atoms with Crippen LogP contribution in [0.5, 0.6) is 0 Å². The van der Waals surface area contributed by atoms with Gasteiger partial charge in [0.15, 0.2) is 0 Å². The lowest BCUT2D eigenvalue weighted by Gasteiger charge is -2.15. The van der Waals surface area contributed by atoms with Gasteiger partial charge in [-0.25, -0.2) is 0 Å². The van der Waals surface area contributed by atoms with Crippen molar-refractivity contribution in [3.05, 3.63) is 22.7 Å². The molecule has 0 bridgehead atoms. The average molecular weight is 197 g/mol. The molecule has 1 heterocycles. The maximum atomic E-state index is 6.06. The molecule has 0 amide bonds. The van der Waals surface area contributed by atoms with Crippen LogP contribution in [0, 0.1) is 6.92 Å². The monoisotopic (exact) mass is 196 g/mol. The third kappa shape index (κ3) is 1.35. The molecule has 0 aliphatic carbocycles. The minimum Gasteiger partial charge on any atom is -0.366 e. The van der Waals surface area contributed by atoms with Crippen molar-refractivity contribution in [1.29, 1.82) is 0 Å². The second kappa shape index (κ2) is 3.11. The summed E-state index contributed by atoms with van der Waals surface area (Å²) in [7, 11) is 0. The first-order valence-electron chi connectivity index (χ1n) is 4.51. The van der Waals surface area contributed by atoms with Gasteiger partial charge in [-0.15, -0.1) is 0 Å². The summed E-state index contributed by atoms with van der Waals surface area (Å²) >= 11 is 6.06. The van der Waals surface area contributed by atoms with Crippen LogP contribution in [0.1, 0.15) is 12.5 Å². The molecule has 0 saturated carbocycles. The van der Waals surface area contributed by atoms with Crippen LogP contribution in [0.4, 0.5) is 11.4 Å². The van der Waals surface area contributed by atoms with E-state index >= 15 is 0 Å². The molecule has 1 aromatic rings. The fourth-order valence-corrected chi connectivity index (χ4v) is 1.78. The minimum absolute atomic E-state index is 0.848. The first-order chi connectivity index (χ1) is 6.22. The third-order valence-electron chi connectivity index (χ3n) is 2.46. The Hall–Kier alpha value is -0.890. The molecular formula is C10H13ClN2. The standard InChI is InChI=1S/C10H13ClN2/c1-3-13-6-12-9-4-7(2)8(11)5-10(9)13/h4-5,12H,3,6H2,1-2H3. The van der Waals surface area contributed by atoms with Crippen molar-refractivity contribution in [2.75, 3.05) is 23.4 Å². The highest BCUT2D eigenvalue weighted by Gasteiger charge is 2.17. The molecule has 0 aromatic heterocycles. The summed E-state index contributed by atoms with van der Waals surface area (Å²) in [5.74, 6) is 0. The topological polar surface area (TPSA) is 15.3 Å². The lowest BCUT2D eigenvalue weighted by molar-refractivity contribution is 0.911. The van der Waals surface area contributed by atoms with Crippen LogP contribution in [0.3, 0.4) is 0 Å². The highest BCUT2D eigenvalue weighted by atomic mass is 35.5. The highest BCUT2D eigenvalue weighted by Crippen LogP contribution is 2.35. The van der Waals surface area contributed by atoms with E-state index in [9.17, 15) is 0 Å². The van der Waals surface area contributed by atoms with Crippen molar-refractivity contribution in [3.8, 4) is 0 Å². The molecular weight excluding hydrogens is 184 g/mol. The van der Waals surface area contributed by atoms with Crippen molar-refractivity contribution in [1.82, 2.24) is 0 Å². The Kier molecular flexibility index (Phi) is 2.08. The number of hydrogen-bond donors (Lipinski definition) is 1. The number of hydrogen-bond acceptors (Lipinski definition) is 2. The molecule has 70 valence electrons. The minimum atomic E-state index is 0.848. The van der Waals surface area contributed by atoms with E-state index in [1.54, 1.807) is 0 Å². The Balaban J connectivity index is 2.47. The van der Waals surface area contributed by atoms with Gasteiger partial charge in [-0.2, -0.15) is 0 Å². The largest absolute Gasteiger partial charge is 0.366 e. The van der Waals surface area contributed by atoms with Crippen LogP contribution in [0.2, 0.25) is 5.02 Å². The number of fused-ring (bicyclic) bond motifs is 1. The average Bonchev–Trinajstić information content (AvgIpc) is 2.48. The quantitative estimate of drug-likeness (QED) is 0.743. The Morgan fingerprint density at radius 1 is 1.54 bits per heavy atom. The highest BCUT2D eigenvalue weighted by molar-refractivity contribution is 6.31. The van der Waals surface area contributed by atoms with Crippen molar-refractivity contribution in [2.24, 2.45) is 0 Å². The van der Waals surface area contributed by atoms with Gasteiger partial charge >= 0.3 is 0 Å². The molecule has 1 aliphatic rings. The molecule has 0 atom stereocenters. The van der Waals surface area contributed by atoms with E-state index in [4.69, 9.17) is 11.6 Å². The van der Waals surface area contributed by atoms with Crippen LogP contribution < -0.4 is 10.2 Å². The summed E-state index contributed by atoms with van der Waals surface area (Å²) < 4.78 is 0. The Labute approximate surface area is 83.5 Å². The van der Waals surface area contributed by atoms with Crippen molar-refractivity contribution >= 4 is 23.0 Å². The van der Waals surface area contributed by atoms with E-state index in [1.165, 1.54) is 11.4 Å². The number of aryl methyl sites for hydroxylation is 1. The van der Waals surface area contributed by atoms with E-state index < -0.39 is 0 Å². The van der Waals surface area contributed by atoms with Gasteiger partial charge < -0.3 is 10.2 Å². The number of anilines is 2. The van der Waals surface area contributed by atoms with Crippen molar-refractivity contribution in [3.63, 3.8) is 0 Å². The maximum Gasteiger partial charge on any atom is 0.0877 e. The van der Waals surface area contributed by atoms with Crippen LogP contribution >= 0.6 is 11.6 Å². The van der Waals surface area contributed by atoms with E-state index in [1.807, 2.05) is 13.0 Å². The number of nitrogens with zero attached hydrogens (tertiary/aromatic N) is 1. The predicted octanol–water partition coefficient (Wildman–Crippen LogP) is 2.86. The number of halogens is 1. The molecule has 1 aromatic carbocycles. The van der Waals surface area contributed by atoms with Gasteiger partial charge in [0.05, 0.1) is 18.0 Å². The molecule has 0 saturated heterocycles. The molecule has 0 spiro atoms. The Morgan fingerprint density at radius 2 is 2.31 bits per heavy atom. The molecule has 1 aliphatic heterocycles. The number of rotatable bonds is 1. The van der Waals surface area contributed by atoms with Gasteiger partial charge in [0.25, 0.3) is 0 Å². The van der Waals surface area contributed by atoms with Crippen molar-refractivity contribution in [2.45, 2.75) is 13.8 Å². The van der Waals surface area contributed by atoms with Gasteiger partial charge in [0.2, 0.25) is 0 Å². The first-order valence-corrected chi connectivity index (χ1v) is 4.89. The maximum absolute atomic E-state index is 6.06. The molecule has 2 nitrogen and oxygen atoms in total. The Bertz CT molecular complexity index is 336. The van der Waals surface area contributed by atoms with Gasteiger partial charge in [0, 0.05) is 11.6 Å². The van der Waals surface area contributed by atoms with E-state index in [2.05, 4.69) is 23.2 Å². The zero-order valence-electron chi connectivity index (χ0n) is 7.89. The summed E-state index contributed by atoms with van der Waals surface area (Å²) in [5.41, 5.74) is 3.55. The predicted molar refractivity (Wildman–Crippen MR) is 57.7 cm³/mol. The summed E-state index contributed by atoms with van der Waals surface area (Å²) in [4.78, 5) is 2.26. The lowest BCUT2D eigenvalue weighted by atomic mass is 10.2. The van der Waals surface area contributed by atoms with E-state index in [-0.39, 0.29) is 0 Å². The zero-order valence-corrected chi connectivity index (χ0v) is 8.65. The van der Waals surface area contributed by atoms with Crippen LogP contribution in [-0.2, 0) is 0 Å². The van der Waals surface area contributed by atoms with E-state index in [0.717, 1.165) is 23.8 Å². The molecule has 13 heavy (non-hydrogen) atoms. The summed E-state index contributed by atoms with van der Waals surface area (Å²) in [6.45, 7) is 6.08. The van der Waals surface area contributed by atoms with Gasteiger partial charge in [0.1, 0.15) is 0 Å². The smallest absolute Gasteiger partial charge is 0.0877 e. The zero-order chi connectivity index (χ0) is 9.42. The molecule has 3 heteroatoms. The second-order valence-corrected chi connectivity index (χ2v) is 3.72. The molecule has 1 N–H and O–H groups in total. The first kappa shape index (κ1) is 8.70. The summed E-state index contributed by atoms with van der Waals surface area (Å²) in [6.07, 6.45) is 0. The summed E-state index contributed by atoms with van der Waals surface area (Å²) in [6, 6.07) is 4.14. The van der Waals surface area contributed by atoms with Gasteiger partial charge in [-0.05, 0) is 31.5 Å². The number of benzene rings is 1. The normalized spacial score (nSPS) is 14.2. The van der Waals surface area contributed by atoms with Crippen molar-refractivity contribution < 1.29 is 0 Å². The molecule has 0 unspecified atom stereocenters. The summed E-state index contributed by atoms with van der Waals surface area (Å²) in [5, 5.41) is 4.18. The molecule has 0 fully saturated rings.